The lowest BCUT2D eigenvalue weighted by molar-refractivity contribution is -0.137. The monoisotopic (exact) mass is 563 g/mol. The smallest absolute Gasteiger partial charge is 0.416 e. The van der Waals surface area contributed by atoms with Gasteiger partial charge in [0.25, 0.3) is 11.7 Å². The van der Waals surface area contributed by atoms with Crippen LogP contribution in [0.3, 0.4) is 0 Å². The van der Waals surface area contributed by atoms with Gasteiger partial charge < -0.3 is 9.84 Å². The molecule has 1 aromatic heterocycles. The summed E-state index contributed by atoms with van der Waals surface area (Å²) in [5.41, 5.74) is 1.90. The number of benzene rings is 3. The first-order chi connectivity index (χ1) is 19.1. The van der Waals surface area contributed by atoms with Crippen molar-refractivity contribution < 1.29 is 32.6 Å². The zero-order valence-electron chi connectivity index (χ0n) is 21.5. The minimum Gasteiger partial charge on any atom is -0.507 e. The summed E-state index contributed by atoms with van der Waals surface area (Å²) in [5, 5.41) is 13.2. The van der Waals surface area contributed by atoms with E-state index in [4.69, 9.17) is 4.74 Å². The van der Waals surface area contributed by atoms with E-state index in [9.17, 15) is 27.9 Å². The topological polar surface area (TPSA) is 66.8 Å². The summed E-state index contributed by atoms with van der Waals surface area (Å²) in [7, 11) is 0. The standard InChI is InChI=1S/C31H24F3NO4S/c1-18-14-15-40-29(18)26-25(28(37)30(38)35(26)23-11-9-22(10-12-23)31(32,33)34)27(36)21-8-13-24(19(2)16-21)39-17-20-6-4-3-5-7-20/h3-16,26,36H,17H2,1-2H3/b27-25-. The first kappa shape index (κ1) is 27.2. The van der Waals surface area contributed by atoms with Crippen LogP contribution in [-0.2, 0) is 22.4 Å². The van der Waals surface area contributed by atoms with E-state index in [0.717, 1.165) is 40.3 Å². The Kier molecular flexibility index (Phi) is 7.25. The number of rotatable bonds is 6. The quantitative estimate of drug-likeness (QED) is 0.149. The van der Waals surface area contributed by atoms with Gasteiger partial charge in [0.1, 0.15) is 24.2 Å². The van der Waals surface area contributed by atoms with Crippen LogP contribution in [0.4, 0.5) is 18.9 Å². The first-order valence-electron chi connectivity index (χ1n) is 12.4. The number of carbonyl (C=O) groups excluding carboxylic acids is 2. The van der Waals surface area contributed by atoms with E-state index >= 15 is 0 Å². The van der Waals surface area contributed by atoms with Gasteiger partial charge in [0.15, 0.2) is 0 Å². The predicted octanol–water partition coefficient (Wildman–Crippen LogP) is 7.59. The number of aliphatic hydroxyl groups excluding tert-OH is 1. The van der Waals surface area contributed by atoms with Crippen LogP contribution in [0.25, 0.3) is 5.76 Å². The molecule has 3 aromatic carbocycles. The maximum Gasteiger partial charge on any atom is 0.416 e. The minimum absolute atomic E-state index is 0.118. The average molecular weight is 564 g/mol. The average Bonchev–Trinajstić information content (AvgIpc) is 3.47. The Morgan fingerprint density at radius 2 is 1.65 bits per heavy atom. The number of carbonyl (C=O) groups is 2. The van der Waals surface area contributed by atoms with E-state index in [1.807, 2.05) is 43.3 Å². The number of hydrogen-bond donors (Lipinski definition) is 1. The number of ketones is 1. The van der Waals surface area contributed by atoms with Crippen LogP contribution in [-0.4, -0.2) is 16.8 Å². The van der Waals surface area contributed by atoms with Crippen molar-refractivity contribution >= 4 is 34.5 Å². The molecule has 5 rings (SSSR count). The fourth-order valence-electron chi connectivity index (χ4n) is 4.67. The fourth-order valence-corrected chi connectivity index (χ4v) is 5.70. The molecule has 0 aliphatic carbocycles. The number of ether oxygens (including phenoxy) is 1. The second-order valence-corrected chi connectivity index (χ2v) is 10.4. The summed E-state index contributed by atoms with van der Waals surface area (Å²) in [6, 6.07) is 19.4. The van der Waals surface area contributed by atoms with Crippen molar-refractivity contribution in [2.75, 3.05) is 4.90 Å². The summed E-state index contributed by atoms with van der Waals surface area (Å²) in [6.45, 7) is 3.96. The molecule has 40 heavy (non-hydrogen) atoms. The Morgan fingerprint density at radius 1 is 0.950 bits per heavy atom. The van der Waals surface area contributed by atoms with Crippen LogP contribution in [0.1, 0.15) is 38.7 Å². The van der Waals surface area contributed by atoms with Crippen molar-refractivity contribution in [2.24, 2.45) is 0 Å². The molecule has 5 nitrogen and oxygen atoms in total. The molecular formula is C31H24F3NO4S. The molecule has 1 unspecified atom stereocenters. The number of nitrogens with zero attached hydrogens (tertiary/aromatic N) is 1. The Morgan fingerprint density at radius 3 is 2.25 bits per heavy atom. The zero-order chi connectivity index (χ0) is 28.6. The molecule has 1 fully saturated rings. The highest BCUT2D eigenvalue weighted by Crippen LogP contribution is 2.45. The molecular weight excluding hydrogens is 539 g/mol. The third kappa shape index (κ3) is 5.12. The number of amides is 1. The van der Waals surface area contributed by atoms with Crippen LogP contribution in [0, 0.1) is 13.8 Å². The van der Waals surface area contributed by atoms with E-state index in [1.54, 1.807) is 30.5 Å². The summed E-state index contributed by atoms with van der Waals surface area (Å²) in [6.07, 6.45) is -4.55. The van der Waals surface area contributed by atoms with Gasteiger partial charge in [-0.15, -0.1) is 11.3 Å². The number of aliphatic hydroxyl groups is 1. The number of Topliss-reactive ketones (excluding diaryl/α,β-unsaturated/α-hetero) is 1. The van der Waals surface area contributed by atoms with Gasteiger partial charge in [-0.2, -0.15) is 13.2 Å². The Hall–Kier alpha value is -4.37. The van der Waals surface area contributed by atoms with Gasteiger partial charge in [-0.05, 0) is 84.4 Å². The first-order valence-corrected chi connectivity index (χ1v) is 13.2. The van der Waals surface area contributed by atoms with E-state index < -0.39 is 29.5 Å². The fraction of sp³-hybridized carbons (Fsp3) is 0.161. The summed E-state index contributed by atoms with van der Waals surface area (Å²) in [4.78, 5) is 28.4. The summed E-state index contributed by atoms with van der Waals surface area (Å²) < 4.78 is 45.4. The van der Waals surface area contributed by atoms with E-state index in [-0.39, 0.29) is 17.0 Å². The molecule has 1 atom stereocenters. The molecule has 1 amide bonds. The maximum absolute atomic E-state index is 13.3. The molecule has 0 spiro atoms. The van der Waals surface area contributed by atoms with Gasteiger partial charge in [0, 0.05) is 16.1 Å². The third-order valence-electron chi connectivity index (χ3n) is 6.75. The number of thiophene rings is 1. The lowest BCUT2D eigenvalue weighted by Crippen LogP contribution is -2.29. The highest BCUT2D eigenvalue weighted by molar-refractivity contribution is 7.10. The predicted molar refractivity (Wildman–Crippen MR) is 147 cm³/mol. The molecule has 9 heteroatoms. The molecule has 1 aliphatic rings. The molecule has 4 aromatic rings. The Balaban J connectivity index is 1.54. The van der Waals surface area contributed by atoms with Crippen molar-refractivity contribution in [1.29, 1.82) is 0 Å². The third-order valence-corrected chi connectivity index (χ3v) is 7.82. The number of hydrogen-bond acceptors (Lipinski definition) is 5. The molecule has 204 valence electrons. The summed E-state index contributed by atoms with van der Waals surface area (Å²) in [5.74, 6) is -1.63. The van der Waals surface area contributed by atoms with Crippen LogP contribution < -0.4 is 9.64 Å². The molecule has 0 saturated carbocycles. The van der Waals surface area contributed by atoms with Crippen LogP contribution in [0.2, 0.25) is 0 Å². The van der Waals surface area contributed by atoms with Gasteiger partial charge in [0.2, 0.25) is 0 Å². The molecule has 0 radical (unpaired) electrons. The Bertz CT molecular complexity index is 1610. The van der Waals surface area contributed by atoms with Crippen LogP contribution >= 0.6 is 11.3 Å². The van der Waals surface area contributed by atoms with E-state index in [1.165, 1.54) is 11.3 Å². The SMILES string of the molecule is Cc1cc(/C(O)=C2/C(=O)C(=O)N(c3ccc(C(F)(F)F)cc3)C2c2sccc2C)ccc1OCc1ccccc1. The molecule has 0 bridgehead atoms. The van der Waals surface area contributed by atoms with Crippen LogP contribution in [0.5, 0.6) is 5.75 Å². The van der Waals surface area contributed by atoms with Gasteiger partial charge in [0.05, 0.1) is 11.1 Å². The van der Waals surface area contributed by atoms with E-state index in [0.29, 0.717) is 28.4 Å². The van der Waals surface area contributed by atoms with Crippen molar-refractivity contribution in [1.82, 2.24) is 0 Å². The Labute approximate surface area is 232 Å². The second kappa shape index (κ2) is 10.7. The van der Waals surface area contributed by atoms with Gasteiger partial charge >= 0.3 is 6.18 Å². The zero-order valence-corrected chi connectivity index (χ0v) is 22.3. The van der Waals surface area contributed by atoms with E-state index in [2.05, 4.69) is 0 Å². The number of anilines is 1. The van der Waals surface area contributed by atoms with Crippen molar-refractivity contribution in [3.05, 3.63) is 123 Å². The lowest BCUT2D eigenvalue weighted by atomic mass is 9.97. The highest BCUT2D eigenvalue weighted by atomic mass is 32.1. The molecule has 2 heterocycles. The number of alkyl halides is 3. The van der Waals surface area contributed by atoms with Gasteiger partial charge in [-0.3, -0.25) is 14.5 Å². The molecule has 1 N–H and O–H groups in total. The van der Waals surface area contributed by atoms with Crippen molar-refractivity contribution in [2.45, 2.75) is 32.7 Å². The minimum atomic E-state index is -4.55. The maximum atomic E-state index is 13.3. The lowest BCUT2D eigenvalue weighted by Gasteiger charge is -2.25. The number of aryl methyl sites for hydroxylation is 2. The normalized spacial score (nSPS) is 16.9. The van der Waals surface area contributed by atoms with Crippen molar-refractivity contribution in [3.8, 4) is 5.75 Å². The highest BCUT2D eigenvalue weighted by Gasteiger charge is 2.48. The molecule has 1 saturated heterocycles. The number of halogens is 3. The van der Waals surface area contributed by atoms with Gasteiger partial charge in [-0.1, -0.05) is 30.3 Å². The van der Waals surface area contributed by atoms with Crippen molar-refractivity contribution in [3.63, 3.8) is 0 Å². The van der Waals surface area contributed by atoms with Crippen LogP contribution in [0.15, 0.2) is 89.8 Å². The summed E-state index contributed by atoms with van der Waals surface area (Å²) >= 11 is 1.29. The largest absolute Gasteiger partial charge is 0.507 e. The molecule has 1 aliphatic heterocycles. The second-order valence-electron chi connectivity index (χ2n) is 9.44. The van der Waals surface area contributed by atoms with Gasteiger partial charge in [-0.25, -0.2) is 0 Å².